The number of ether oxygens (including phenoxy) is 2. The van der Waals surface area contributed by atoms with E-state index in [0.29, 0.717) is 19.4 Å². The van der Waals surface area contributed by atoms with E-state index in [1.807, 2.05) is 0 Å². The molecule has 1 amide bonds. The van der Waals surface area contributed by atoms with E-state index < -0.39 is 15.8 Å². The molecule has 1 N–H and O–H groups in total. The van der Waals surface area contributed by atoms with Gasteiger partial charge in [0.05, 0.1) is 20.3 Å². The van der Waals surface area contributed by atoms with Crippen molar-refractivity contribution in [3.63, 3.8) is 0 Å². The van der Waals surface area contributed by atoms with Crippen molar-refractivity contribution in [2.24, 2.45) is 5.92 Å². The highest BCUT2D eigenvalue weighted by atomic mass is 32.2. The van der Waals surface area contributed by atoms with Crippen LogP contribution in [-0.2, 0) is 19.6 Å². The highest BCUT2D eigenvalue weighted by molar-refractivity contribution is 7.89. The molecule has 8 nitrogen and oxygen atoms in total. The first-order valence-electron chi connectivity index (χ1n) is 9.83. The molecule has 0 radical (unpaired) electrons. The Balaban J connectivity index is 1.51. The van der Waals surface area contributed by atoms with Crippen LogP contribution in [0.15, 0.2) is 23.1 Å². The lowest BCUT2D eigenvalue weighted by molar-refractivity contribution is -0.126. The number of nitrogens with one attached hydrogen (secondary N) is 1. The maximum Gasteiger partial charge on any atom is 0.246 e. The number of sulfonamides is 1. The van der Waals surface area contributed by atoms with Gasteiger partial charge in [-0.15, -0.1) is 0 Å². The number of methoxy groups -OCH3 is 1. The van der Waals surface area contributed by atoms with E-state index in [0.717, 1.165) is 45.0 Å². The molecule has 0 atom stereocenters. The molecule has 0 saturated carbocycles. The second-order valence-corrected chi connectivity index (χ2v) is 9.12. The van der Waals surface area contributed by atoms with E-state index in [2.05, 4.69) is 10.2 Å². The second-order valence-electron chi connectivity index (χ2n) is 7.22. The zero-order valence-electron chi connectivity index (χ0n) is 16.6. The SMILES string of the molecule is COc1ccc(F)cc1S(=O)(=O)N1CCC(C(=O)NCCN2CCOCC2)CC1. The number of nitrogens with zero attached hydrogens (tertiary/aromatic N) is 2. The Morgan fingerprint density at radius 2 is 1.93 bits per heavy atom. The summed E-state index contributed by atoms with van der Waals surface area (Å²) in [5.74, 6) is -0.799. The largest absolute Gasteiger partial charge is 0.495 e. The lowest BCUT2D eigenvalue weighted by Gasteiger charge is -2.31. The van der Waals surface area contributed by atoms with Gasteiger partial charge in [-0.25, -0.2) is 12.8 Å². The summed E-state index contributed by atoms with van der Waals surface area (Å²) in [4.78, 5) is 14.5. The number of morpholine rings is 1. The molecule has 162 valence electrons. The fourth-order valence-electron chi connectivity index (χ4n) is 3.66. The first kappa shape index (κ1) is 21.9. The number of benzene rings is 1. The molecule has 2 aliphatic heterocycles. The molecule has 0 aromatic heterocycles. The predicted molar refractivity (Wildman–Crippen MR) is 105 cm³/mol. The Hall–Kier alpha value is -1.75. The zero-order chi connectivity index (χ0) is 20.9. The van der Waals surface area contributed by atoms with E-state index in [1.54, 1.807) is 0 Å². The molecular weight excluding hydrogens is 401 g/mol. The number of halogens is 1. The molecule has 2 fully saturated rings. The van der Waals surface area contributed by atoms with Crippen LogP contribution < -0.4 is 10.1 Å². The fourth-order valence-corrected chi connectivity index (χ4v) is 5.29. The average molecular weight is 430 g/mol. The van der Waals surface area contributed by atoms with Crippen LogP contribution in [0.2, 0.25) is 0 Å². The maximum atomic E-state index is 13.6. The molecule has 10 heteroatoms. The Bertz CT molecular complexity index is 806. The van der Waals surface area contributed by atoms with Gasteiger partial charge in [0.15, 0.2) is 0 Å². The highest BCUT2D eigenvalue weighted by Gasteiger charge is 2.34. The van der Waals surface area contributed by atoms with E-state index >= 15 is 0 Å². The van der Waals surface area contributed by atoms with Crippen molar-refractivity contribution in [2.45, 2.75) is 17.7 Å². The molecule has 29 heavy (non-hydrogen) atoms. The molecule has 1 aromatic carbocycles. The van der Waals surface area contributed by atoms with Crippen LogP contribution in [0.4, 0.5) is 4.39 Å². The van der Waals surface area contributed by atoms with Crippen LogP contribution in [0.3, 0.4) is 0 Å². The summed E-state index contributed by atoms with van der Waals surface area (Å²) in [7, 11) is -2.54. The van der Waals surface area contributed by atoms with Crippen molar-refractivity contribution in [2.75, 3.05) is 59.6 Å². The normalized spacial score (nSPS) is 19.8. The number of hydrogen-bond acceptors (Lipinski definition) is 6. The Kier molecular flexibility index (Phi) is 7.44. The van der Waals surface area contributed by atoms with Crippen LogP contribution >= 0.6 is 0 Å². The van der Waals surface area contributed by atoms with Crippen molar-refractivity contribution in [1.82, 2.24) is 14.5 Å². The van der Waals surface area contributed by atoms with Crippen molar-refractivity contribution < 1.29 is 27.1 Å². The third-order valence-corrected chi connectivity index (χ3v) is 7.32. The Labute approximate surface area is 171 Å². The Morgan fingerprint density at radius 1 is 1.24 bits per heavy atom. The van der Waals surface area contributed by atoms with E-state index in [4.69, 9.17) is 9.47 Å². The summed E-state index contributed by atoms with van der Waals surface area (Å²) < 4.78 is 51.1. The lowest BCUT2D eigenvalue weighted by Crippen LogP contribution is -2.45. The number of hydrogen-bond donors (Lipinski definition) is 1. The van der Waals surface area contributed by atoms with E-state index in [9.17, 15) is 17.6 Å². The van der Waals surface area contributed by atoms with Gasteiger partial charge in [0.2, 0.25) is 15.9 Å². The predicted octanol–water partition coefficient (Wildman–Crippen LogP) is 0.683. The third-order valence-electron chi connectivity index (χ3n) is 5.40. The smallest absolute Gasteiger partial charge is 0.246 e. The molecule has 2 aliphatic rings. The van der Waals surface area contributed by atoms with Gasteiger partial charge in [-0.05, 0) is 31.0 Å². The summed E-state index contributed by atoms with van der Waals surface area (Å²) >= 11 is 0. The molecule has 2 saturated heterocycles. The maximum absolute atomic E-state index is 13.6. The number of rotatable bonds is 7. The van der Waals surface area contributed by atoms with Crippen LogP contribution in [0.25, 0.3) is 0 Å². The van der Waals surface area contributed by atoms with Crippen molar-refractivity contribution in [3.05, 3.63) is 24.0 Å². The molecule has 0 spiro atoms. The summed E-state index contributed by atoms with van der Waals surface area (Å²) in [6.45, 7) is 4.95. The van der Waals surface area contributed by atoms with Crippen LogP contribution in [0.1, 0.15) is 12.8 Å². The van der Waals surface area contributed by atoms with Gasteiger partial charge < -0.3 is 14.8 Å². The van der Waals surface area contributed by atoms with Gasteiger partial charge >= 0.3 is 0 Å². The first-order valence-corrected chi connectivity index (χ1v) is 11.3. The van der Waals surface area contributed by atoms with Crippen LogP contribution in [0, 0.1) is 11.7 Å². The van der Waals surface area contributed by atoms with Gasteiger partial charge in [0.25, 0.3) is 0 Å². The minimum absolute atomic E-state index is 0.0429. The second kappa shape index (κ2) is 9.84. The summed E-state index contributed by atoms with van der Waals surface area (Å²) in [5, 5.41) is 2.95. The molecule has 0 unspecified atom stereocenters. The highest BCUT2D eigenvalue weighted by Crippen LogP contribution is 2.30. The van der Waals surface area contributed by atoms with Crippen LogP contribution in [-0.4, -0.2) is 83.1 Å². The minimum atomic E-state index is -3.89. The molecule has 0 bridgehead atoms. The van der Waals surface area contributed by atoms with Crippen LogP contribution in [0.5, 0.6) is 5.75 Å². The number of carbonyl (C=O) groups is 1. The van der Waals surface area contributed by atoms with Crippen molar-refractivity contribution >= 4 is 15.9 Å². The average Bonchev–Trinajstić information content (AvgIpc) is 2.74. The summed E-state index contributed by atoms with van der Waals surface area (Å²) in [6.07, 6.45) is 0.862. The summed E-state index contributed by atoms with van der Waals surface area (Å²) in [5.41, 5.74) is 0. The number of piperidine rings is 1. The topological polar surface area (TPSA) is 88.2 Å². The van der Waals surface area contributed by atoms with E-state index in [1.165, 1.54) is 17.5 Å². The number of amides is 1. The molecule has 1 aromatic rings. The van der Waals surface area contributed by atoms with Gasteiger partial charge in [-0.2, -0.15) is 4.31 Å². The monoisotopic (exact) mass is 429 g/mol. The first-order chi connectivity index (χ1) is 13.9. The van der Waals surface area contributed by atoms with Gasteiger partial charge in [-0.3, -0.25) is 9.69 Å². The lowest BCUT2D eigenvalue weighted by atomic mass is 9.97. The molecule has 3 rings (SSSR count). The molecule has 0 aliphatic carbocycles. The van der Waals surface area contributed by atoms with Gasteiger partial charge in [-0.1, -0.05) is 0 Å². The Morgan fingerprint density at radius 3 is 2.59 bits per heavy atom. The summed E-state index contributed by atoms with van der Waals surface area (Å²) in [6, 6.07) is 3.43. The van der Waals surface area contributed by atoms with Gasteiger partial charge in [0.1, 0.15) is 16.5 Å². The third kappa shape index (κ3) is 5.44. The minimum Gasteiger partial charge on any atom is -0.495 e. The van der Waals surface area contributed by atoms with E-state index in [-0.39, 0.29) is 35.6 Å². The molecule has 2 heterocycles. The van der Waals surface area contributed by atoms with Gasteiger partial charge in [0, 0.05) is 45.2 Å². The molecular formula is C19H28FN3O5S. The quantitative estimate of drug-likeness (QED) is 0.686. The number of carbonyl (C=O) groups excluding carboxylic acids is 1. The van der Waals surface area contributed by atoms with Crippen molar-refractivity contribution in [1.29, 1.82) is 0 Å². The standard InChI is InChI=1S/C19H28FN3O5S/c1-27-17-3-2-16(20)14-18(17)29(25,26)23-7-4-15(5-8-23)19(24)21-6-9-22-10-12-28-13-11-22/h2-3,14-15H,4-13H2,1H3,(H,21,24). The van der Waals surface area contributed by atoms with Crippen molar-refractivity contribution in [3.8, 4) is 5.75 Å². The fraction of sp³-hybridized carbons (Fsp3) is 0.632. The zero-order valence-corrected chi connectivity index (χ0v) is 17.4.